The smallest absolute Gasteiger partial charge is 0.282 e. The van der Waals surface area contributed by atoms with Gasteiger partial charge in [-0.25, -0.2) is 8.78 Å². The Morgan fingerprint density at radius 3 is 2.63 bits per heavy atom. The molecule has 7 heteroatoms. The normalized spacial score (nSPS) is 18.2. The van der Waals surface area contributed by atoms with Crippen LogP contribution in [0.1, 0.15) is 56.5 Å². The summed E-state index contributed by atoms with van der Waals surface area (Å²) in [7, 11) is 1.52. The van der Waals surface area contributed by atoms with Crippen molar-refractivity contribution >= 4 is 34.5 Å². The highest BCUT2D eigenvalue weighted by Gasteiger charge is 2.41. The number of nitrogens with zero attached hydrogens (tertiary/aromatic N) is 2. The van der Waals surface area contributed by atoms with Gasteiger partial charge in [0, 0.05) is 12.7 Å². The zero-order valence-corrected chi connectivity index (χ0v) is 17.7. The molecule has 146 valence electrons. The Morgan fingerprint density at radius 1 is 1.37 bits per heavy atom. The molecule has 1 atom stereocenters. The molecule has 0 spiro atoms. The fourth-order valence-corrected chi connectivity index (χ4v) is 4.94. The molecule has 3 nitrogen and oxygen atoms in total. The molecule has 0 saturated heterocycles. The minimum Gasteiger partial charge on any atom is -0.346 e. The van der Waals surface area contributed by atoms with Crippen LogP contribution >= 0.6 is 23.8 Å². The summed E-state index contributed by atoms with van der Waals surface area (Å²) in [6.07, 6.45) is -1.82. The van der Waals surface area contributed by atoms with Gasteiger partial charge in [-0.15, -0.1) is 0 Å². The molecule has 27 heavy (non-hydrogen) atoms. The Kier molecular flexibility index (Phi) is 5.34. The van der Waals surface area contributed by atoms with Gasteiger partial charge in [0.1, 0.15) is 15.8 Å². The van der Waals surface area contributed by atoms with Crippen molar-refractivity contribution in [3.8, 4) is 0 Å². The maximum absolute atomic E-state index is 13.4. The number of benzene rings is 1. The van der Waals surface area contributed by atoms with Crippen LogP contribution in [0.2, 0.25) is 5.15 Å². The molecular formula is C20H24ClF2N3S. The monoisotopic (exact) mass is 411 g/mol. The average Bonchev–Trinajstić information content (AvgIpc) is 3.03. The average molecular weight is 412 g/mol. The number of hydrogen-bond donors (Lipinski definition) is 1. The number of hydrogen-bond acceptors (Lipinski definition) is 2. The lowest BCUT2D eigenvalue weighted by Crippen LogP contribution is -2.28. The van der Waals surface area contributed by atoms with E-state index in [2.05, 4.69) is 44.2 Å². The van der Waals surface area contributed by atoms with Gasteiger partial charge in [-0.2, -0.15) is 5.10 Å². The van der Waals surface area contributed by atoms with Gasteiger partial charge in [0.2, 0.25) is 0 Å². The van der Waals surface area contributed by atoms with Crippen LogP contribution < -0.4 is 5.32 Å². The van der Waals surface area contributed by atoms with Crippen LogP contribution in [-0.2, 0) is 18.9 Å². The Labute approximate surface area is 169 Å². The van der Waals surface area contributed by atoms with Gasteiger partial charge >= 0.3 is 0 Å². The summed E-state index contributed by atoms with van der Waals surface area (Å²) < 4.78 is 27.9. The maximum Gasteiger partial charge on any atom is 0.282 e. The van der Waals surface area contributed by atoms with Gasteiger partial charge in [0.15, 0.2) is 0 Å². The topological polar surface area (TPSA) is 29.9 Å². The SMILES string of the molecule is CC(C)C1Cc2c(NC(=S)c3c(C(F)F)nn(C)c3Cl)cccc2C1(C)C. The van der Waals surface area contributed by atoms with Gasteiger partial charge in [-0.05, 0) is 40.9 Å². The number of fused-ring (bicyclic) bond motifs is 1. The number of anilines is 1. The van der Waals surface area contributed by atoms with Crippen molar-refractivity contribution < 1.29 is 8.78 Å². The Bertz CT molecular complexity index is 890. The first-order valence-electron chi connectivity index (χ1n) is 9.00. The second-order valence-electron chi connectivity index (χ2n) is 8.04. The van der Waals surface area contributed by atoms with Crippen molar-refractivity contribution in [2.75, 3.05) is 5.32 Å². The highest BCUT2D eigenvalue weighted by molar-refractivity contribution is 7.81. The van der Waals surface area contributed by atoms with Crippen LogP contribution in [0.25, 0.3) is 0 Å². The molecule has 0 fully saturated rings. The number of halogens is 3. The summed E-state index contributed by atoms with van der Waals surface area (Å²) in [5, 5.41) is 7.08. The third kappa shape index (κ3) is 3.38. The van der Waals surface area contributed by atoms with Crippen molar-refractivity contribution in [1.29, 1.82) is 0 Å². The van der Waals surface area contributed by atoms with E-state index in [9.17, 15) is 8.78 Å². The molecule has 2 aromatic rings. The van der Waals surface area contributed by atoms with Gasteiger partial charge < -0.3 is 5.32 Å². The molecule has 0 saturated carbocycles. The number of thiocarbonyl (C=S) groups is 1. The largest absolute Gasteiger partial charge is 0.346 e. The number of rotatable bonds is 4. The van der Waals surface area contributed by atoms with E-state index in [1.165, 1.54) is 22.9 Å². The fraction of sp³-hybridized carbons (Fsp3) is 0.500. The fourth-order valence-electron chi connectivity index (χ4n) is 4.34. The lowest BCUT2D eigenvalue weighted by molar-refractivity contribution is 0.145. The summed E-state index contributed by atoms with van der Waals surface area (Å²) in [6, 6.07) is 6.07. The summed E-state index contributed by atoms with van der Waals surface area (Å²) in [5.41, 5.74) is 3.08. The molecule has 3 rings (SSSR count). The molecule has 1 heterocycles. The van der Waals surface area contributed by atoms with E-state index in [1.807, 2.05) is 12.1 Å². The predicted octanol–water partition coefficient (Wildman–Crippen LogP) is 5.90. The third-order valence-electron chi connectivity index (χ3n) is 5.71. The minimum atomic E-state index is -2.75. The Balaban J connectivity index is 1.99. The molecule has 0 bridgehead atoms. The van der Waals surface area contributed by atoms with Crippen LogP contribution in [0.15, 0.2) is 18.2 Å². The number of aryl methyl sites for hydroxylation is 1. The van der Waals surface area contributed by atoms with Gasteiger partial charge in [-0.3, -0.25) is 4.68 Å². The molecule has 0 aliphatic heterocycles. The minimum absolute atomic E-state index is 0.0445. The van der Waals surface area contributed by atoms with Crippen molar-refractivity contribution in [2.45, 2.75) is 46.0 Å². The van der Waals surface area contributed by atoms with Gasteiger partial charge in [0.05, 0.1) is 5.56 Å². The van der Waals surface area contributed by atoms with Crippen LogP contribution in [-0.4, -0.2) is 14.8 Å². The van der Waals surface area contributed by atoms with E-state index in [-0.39, 0.29) is 21.1 Å². The number of alkyl halides is 2. The quantitative estimate of drug-likeness (QED) is 0.635. The molecule has 1 aliphatic carbocycles. The van der Waals surface area contributed by atoms with Crippen LogP contribution in [0.4, 0.5) is 14.5 Å². The molecule has 1 N–H and O–H groups in total. The maximum atomic E-state index is 13.4. The summed E-state index contributed by atoms with van der Waals surface area (Å²) in [5.74, 6) is 1.04. The van der Waals surface area contributed by atoms with E-state index in [0.29, 0.717) is 11.8 Å². The van der Waals surface area contributed by atoms with E-state index >= 15 is 0 Å². The number of nitrogens with one attached hydrogen (secondary N) is 1. The number of aromatic nitrogens is 2. The second-order valence-corrected chi connectivity index (χ2v) is 8.80. The van der Waals surface area contributed by atoms with Crippen molar-refractivity contribution in [1.82, 2.24) is 9.78 Å². The zero-order chi connectivity index (χ0) is 20.1. The molecular weight excluding hydrogens is 388 g/mol. The second kappa shape index (κ2) is 7.13. The molecule has 1 unspecified atom stereocenters. The molecule has 0 amide bonds. The first kappa shape index (κ1) is 20.2. The van der Waals surface area contributed by atoms with Crippen LogP contribution in [0.3, 0.4) is 0 Å². The van der Waals surface area contributed by atoms with E-state index < -0.39 is 12.1 Å². The lowest BCUT2D eigenvalue weighted by atomic mass is 9.73. The van der Waals surface area contributed by atoms with Gasteiger partial charge in [-0.1, -0.05) is 63.6 Å². The van der Waals surface area contributed by atoms with Crippen molar-refractivity contribution in [2.24, 2.45) is 18.9 Å². The molecule has 1 aliphatic rings. The van der Waals surface area contributed by atoms with Crippen LogP contribution in [0, 0.1) is 11.8 Å². The molecule has 1 aromatic heterocycles. The van der Waals surface area contributed by atoms with E-state index in [4.69, 9.17) is 23.8 Å². The highest BCUT2D eigenvalue weighted by atomic mass is 35.5. The first-order valence-corrected chi connectivity index (χ1v) is 9.78. The van der Waals surface area contributed by atoms with E-state index in [0.717, 1.165) is 12.1 Å². The van der Waals surface area contributed by atoms with Crippen LogP contribution in [0.5, 0.6) is 0 Å². The predicted molar refractivity (Wildman–Crippen MR) is 110 cm³/mol. The van der Waals surface area contributed by atoms with E-state index in [1.54, 1.807) is 0 Å². The lowest BCUT2D eigenvalue weighted by Gasteiger charge is -2.31. The first-order chi connectivity index (χ1) is 12.6. The zero-order valence-electron chi connectivity index (χ0n) is 16.1. The Hall–Kier alpha value is -1.53. The summed E-state index contributed by atoms with van der Waals surface area (Å²) >= 11 is 11.6. The highest BCUT2D eigenvalue weighted by Crippen LogP contribution is 2.48. The molecule has 1 aromatic carbocycles. The standard InChI is InChI=1S/C20H24ClF2N3S/c1-10(2)13-9-11-12(20(13,3)4)7-6-8-14(11)24-19(27)15-16(18(22)23)25-26(5)17(15)21/h6-8,10,13,18H,9H2,1-5H3,(H,24,27). The van der Waals surface area contributed by atoms with Crippen molar-refractivity contribution in [3.63, 3.8) is 0 Å². The summed E-state index contributed by atoms with van der Waals surface area (Å²) in [6.45, 7) is 9.00. The molecule has 0 radical (unpaired) electrons. The summed E-state index contributed by atoms with van der Waals surface area (Å²) in [4.78, 5) is 0.169. The Morgan fingerprint density at radius 2 is 2.04 bits per heavy atom. The third-order valence-corrected chi connectivity index (χ3v) is 6.45. The van der Waals surface area contributed by atoms with Gasteiger partial charge in [0.25, 0.3) is 6.43 Å². The van der Waals surface area contributed by atoms with Crippen molar-refractivity contribution in [3.05, 3.63) is 45.7 Å².